The Balaban J connectivity index is 1.38. The molecule has 1 aliphatic heterocycles. The fourth-order valence-electron chi connectivity index (χ4n) is 3.51. The molecule has 3 heterocycles. The molecule has 0 fully saturated rings. The normalized spacial score (nSPS) is 17.7. The summed E-state index contributed by atoms with van der Waals surface area (Å²) >= 11 is 0. The lowest BCUT2D eigenvalue weighted by Gasteiger charge is -2.10. The fourth-order valence-corrected chi connectivity index (χ4v) is 3.51. The number of hydrogen-bond donors (Lipinski definition) is 1. The van der Waals surface area contributed by atoms with E-state index in [1.165, 1.54) is 11.1 Å². The third-order valence-electron chi connectivity index (χ3n) is 5.38. The largest absolute Gasteiger partial charge is 0.508 e. The minimum atomic E-state index is -0.529. The molecule has 1 atom stereocenters. The zero-order valence-electron chi connectivity index (χ0n) is 17.9. The van der Waals surface area contributed by atoms with Crippen LogP contribution in [0, 0.1) is 0 Å². The first-order valence-corrected chi connectivity index (χ1v) is 10.4. The van der Waals surface area contributed by atoms with Gasteiger partial charge in [0.15, 0.2) is 6.10 Å². The third kappa shape index (κ3) is 6.02. The van der Waals surface area contributed by atoms with E-state index in [0.717, 1.165) is 49.0 Å². The highest BCUT2D eigenvalue weighted by Gasteiger charge is 2.31. The van der Waals surface area contributed by atoms with Crippen molar-refractivity contribution < 1.29 is 23.5 Å². The number of carbonyl (C=O) groups is 1. The van der Waals surface area contributed by atoms with Crippen LogP contribution in [0.25, 0.3) is 0 Å². The standard InChI is InChI=1S/C25H30O5/c1-17(6-4-8-18(2)12-23-24(26)19(3)25(27)30-23)7-5-9-20-13-22(29-16-20)14-21-10-11-28-15-21/h7-8,10-11,13,15-16,23,26H,4-6,9,12,14H2,1-3H3/b17-7+,18-8-. The number of rotatable bonds is 10. The average molecular weight is 411 g/mol. The second-order valence-electron chi connectivity index (χ2n) is 8.02. The Bertz CT molecular complexity index is 940. The van der Waals surface area contributed by atoms with Crippen molar-refractivity contribution in [3.63, 3.8) is 0 Å². The van der Waals surface area contributed by atoms with Crippen LogP contribution in [-0.2, 0) is 22.4 Å². The number of ether oxygens (including phenoxy) is 1. The van der Waals surface area contributed by atoms with Crippen LogP contribution < -0.4 is 0 Å². The molecule has 0 aliphatic carbocycles. The van der Waals surface area contributed by atoms with Crippen LogP contribution in [0.3, 0.4) is 0 Å². The molecule has 3 rings (SSSR count). The summed E-state index contributed by atoms with van der Waals surface area (Å²) in [4.78, 5) is 11.5. The monoisotopic (exact) mass is 410 g/mol. The van der Waals surface area contributed by atoms with Crippen LogP contribution in [0.2, 0.25) is 0 Å². The van der Waals surface area contributed by atoms with E-state index in [1.54, 1.807) is 19.5 Å². The highest BCUT2D eigenvalue weighted by molar-refractivity contribution is 5.91. The highest BCUT2D eigenvalue weighted by Crippen LogP contribution is 2.25. The lowest BCUT2D eigenvalue weighted by molar-refractivity contribution is -0.140. The molecule has 0 bridgehead atoms. The number of esters is 1. The van der Waals surface area contributed by atoms with Crippen molar-refractivity contribution in [1.29, 1.82) is 0 Å². The van der Waals surface area contributed by atoms with Crippen molar-refractivity contribution in [3.05, 3.63) is 82.4 Å². The van der Waals surface area contributed by atoms with Crippen LogP contribution in [0.1, 0.15) is 63.3 Å². The van der Waals surface area contributed by atoms with Gasteiger partial charge >= 0.3 is 5.97 Å². The van der Waals surface area contributed by atoms with Crippen molar-refractivity contribution in [2.75, 3.05) is 0 Å². The SMILES string of the molecule is CC1=C(O)C(C/C(C)=C\CC/C(C)=C/CCc2coc(Cc3ccoc3)c2)OC1=O. The summed E-state index contributed by atoms with van der Waals surface area (Å²) in [5.74, 6) is 0.600. The third-order valence-corrected chi connectivity index (χ3v) is 5.38. The first kappa shape index (κ1) is 21.8. The van der Waals surface area contributed by atoms with Crippen molar-refractivity contribution in [3.8, 4) is 0 Å². The van der Waals surface area contributed by atoms with Gasteiger partial charge in [-0.1, -0.05) is 23.3 Å². The number of carbonyl (C=O) groups excluding carboxylic acids is 1. The highest BCUT2D eigenvalue weighted by atomic mass is 16.6. The van der Waals surface area contributed by atoms with Gasteiger partial charge in [-0.2, -0.15) is 0 Å². The molecular formula is C25H30O5. The molecule has 5 heteroatoms. The Morgan fingerprint density at radius 3 is 2.63 bits per heavy atom. The molecule has 0 saturated heterocycles. The molecule has 0 amide bonds. The molecule has 1 aliphatic rings. The Labute approximate surface area is 177 Å². The first-order valence-electron chi connectivity index (χ1n) is 10.4. The van der Waals surface area contributed by atoms with Gasteiger partial charge in [0.2, 0.25) is 0 Å². The summed E-state index contributed by atoms with van der Waals surface area (Å²) in [5, 5.41) is 9.93. The Morgan fingerprint density at radius 2 is 1.93 bits per heavy atom. The second-order valence-corrected chi connectivity index (χ2v) is 8.02. The zero-order chi connectivity index (χ0) is 21.5. The van der Waals surface area contributed by atoms with Crippen LogP contribution in [0.4, 0.5) is 0 Å². The summed E-state index contributed by atoms with van der Waals surface area (Å²) in [6, 6.07) is 4.06. The zero-order valence-corrected chi connectivity index (χ0v) is 17.9. The van der Waals surface area contributed by atoms with E-state index in [4.69, 9.17) is 13.6 Å². The van der Waals surface area contributed by atoms with E-state index in [2.05, 4.69) is 25.1 Å². The number of furan rings is 2. The maximum Gasteiger partial charge on any atom is 0.338 e. The number of aryl methyl sites for hydroxylation is 1. The molecule has 0 aromatic carbocycles. The van der Waals surface area contributed by atoms with E-state index >= 15 is 0 Å². The van der Waals surface area contributed by atoms with Gasteiger partial charge in [-0.3, -0.25) is 0 Å². The predicted molar refractivity (Wildman–Crippen MR) is 115 cm³/mol. The number of cyclic esters (lactones) is 1. The van der Waals surface area contributed by atoms with Crippen molar-refractivity contribution >= 4 is 5.97 Å². The van der Waals surface area contributed by atoms with Crippen LogP contribution >= 0.6 is 0 Å². The molecule has 1 N–H and O–H groups in total. The van der Waals surface area contributed by atoms with E-state index in [0.29, 0.717) is 12.0 Å². The minimum absolute atomic E-state index is 0.0657. The van der Waals surface area contributed by atoms with E-state index in [-0.39, 0.29) is 5.76 Å². The number of aliphatic hydroxyl groups excluding tert-OH is 1. The Morgan fingerprint density at radius 1 is 1.13 bits per heavy atom. The lowest BCUT2D eigenvalue weighted by Crippen LogP contribution is -2.12. The molecule has 0 radical (unpaired) electrons. The van der Waals surface area contributed by atoms with Gasteiger partial charge in [0.1, 0.15) is 11.5 Å². The summed E-state index contributed by atoms with van der Waals surface area (Å²) in [6.45, 7) is 5.75. The fraction of sp³-hybridized carbons (Fsp3) is 0.400. The Hall–Kier alpha value is -2.95. The summed E-state index contributed by atoms with van der Waals surface area (Å²) in [6.07, 6.45) is 14.3. The predicted octanol–water partition coefficient (Wildman–Crippen LogP) is 6.22. The van der Waals surface area contributed by atoms with Crippen LogP contribution in [0.15, 0.2) is 74.4 Å². The van der Waals surface area contributed by atoms with Gasteiger partial charge in [0, 0.05) is 12.8 Å². The number of aliphatic hydroxyl groups is 1. The summed E-state index contributed by atoms with van der Waals surface area (Å²) in [5.41, 5.74) is 5.11. The summed E-state index contributed by atoms with van der Waals surface area (Å²) in [7, 11) is 0. The molecule has 2 aromatic heterocycles. The van der Waals surface area contributed by atoms with Gasteiger partial charge in [0.05, 0.1) is 24.4 Å². The number of allylic oxidation sites excluding steroid dienone is 3. The molecule has 1 unspecified atom stereocenters. The molecule has 0 saturated carbocycles. The molecule has 5 nitrogen and oxygen atoms in total. The first-order chi connectivity index (χ1) is 14.4. The second kappa shape index (κ2) is 10.2. The molecular weight excluding hydrogens is 380 g/mol. The molecule has 0 spiro atoms. The smallest absolute Gasteiger partial charge is 0.338 e. The minimum Gasteiger partial charge on any atom is -0.508 e. The topological polar surface area (TPSA) is 72.8 Å². The van der Waals surface area contributed by atoms with Gasteiger partial charge in [-0.15, -0.1) is 0 Å². The number of hydrogen-bond acceptors (Lipinski definition) is 5. The lowest BCUT2D eigenvalue weighted by atomic mass is 10.0. The van der Waals surface area contributed by atoms with Crippen molar-refractivity contribution in [2.45, 2.75) is 65.4 Å². The average Bonchev–Trinajstić information content (AvgIpc) is 3.43. The molecule has 30 heavy (non-hydrogen) atoms. The van der Waals surface area contributed by atoms with E-state index in [9.17, 15) is 9.90 Å². The maximum atomic E-state index is 11.5. The molecule has 160 valence electrons. The van der Waals surface area contributed by atoms with Gasteiger partial charge in [0.25, 0.3) is 0 Å². The van der Waals surface area contributed by atoms with Gasteiger partial charge < -0.3 is 18.7 Å². The van der Waals surface area contributed by atoms with E-state index < -0.39 is 12.1 Å². The van der Waals surface area contributed by atoms with Crippen LogP contribution in [-0.4, -0.2) is 17.2 Å². The Kier molecular flexibility index (Phi) is 7.39. The van der Waals surface area contributed by atoms with Crippen molar-refractivity contribution in [1.82, 2.24) is 0 Å². The van der Waals surface area contributed by atoms with Gasteiger partial charge in [-0.25, -0.2) is 4.79 Å². The molecule has 2 aromatic rings. The quantitative estimate of drug-likeness (QED) is 0.372. The van der Waals surface area contributed by atoms with Crippen LogP contribution in [0.5, 0.6) is 0 Å². The van der Waals surface area contributed by atoms with E-state index in [1.807, 2.05) is 19.3 Å². The van der Waals surface area contributed by atoms with Crippen molar-refractivity contribution in [2.24, 2.45) is 0 Å². The summed E-state index contributed by atoms with van der Waals surface area (Å²) < 4.78 is 15.9. The maximum absolute atomic E-state index is 11.5. The van der Waals surface area contributed by atoms with Gasteiger partial charge in [-0.05, 0) is 69.7 Å².